The monoisotopic (exact) mass is 212 g/mol. The molecule has 11 heavy (non-hydrogen) atoms. The van der Waals surface area contributed by atoms with Crippen LogP contribution in [-0.2, 0) is 6.42 Å². The maximum atomic E-state index is 5.83. The third-order valence-electron chi connectivity index (χ3n) is 2.09. The van der Waals surface area contributed by atoms with Crippen LogP contribution in [0.15, 0.2) is 16.7 Å². The number of hydrogen-bond acceptors (Lipinski definition) is 2. The van der Waals surface area contributed by atoms with E-state index < -0.39 is 0 Å². The minimum absolute atomic E-state index is 0.155. The number of rotatable bonds is 0. The zero-order valence-corrected chi connectivity index (χ0v) is 7.63. The van der Waals surface area contributed by atoms with E-state index in [1.165, 1.54) is 5.56 Å². The molecule has 0 aromatic carbocycles. The topological polar surface area (TPSA) is 38.9 Å². The average molecular weight is 213 g/mol. The van der Waals surface area contributed by atoms with Gasteiger partial charge in [-0.15, -0.1) is 0 Å². The van der Waals surface area contributed by atoms with Crippen LogP contribution in [0.4, 0.5) is 0 Å². The lowest BCUT2D eigenvalue weighted by Crippen LogP contribution is -2.06. The van der Waals surface area contributed by atoms with E-state index >= 15 is 0 Å². The summed E-state index contributed by atoms with van der Waals surface area (Å²) >= 11 is 3.48. The van der Waals surface area contributed by atoms with Crippen LogP contribution in [0.5, 0.6) is 0 Å². The summed E-state index contributed by atoms with van der Waals surface area (Å²) in [6, 6.07) is 2.12. The van der Waals surface area contributed by atoms with Crippen LogP contribution in [0.1, 0.15) is 23.7 Å². The molecule has 0 spiro atoms. The Morgan fingerprint density at radius 3 is 3.18 bits per heavy atom. The summed E-state index contributed by atoms with van der Waals surface area (Å²) in [5.74, 6) is 0. The SMILES string of the molecule is NC1CCc2c(Br)ccnc21. The highest BCUT2D eigenvalue weighted by Crippen LogP contribution is 2.31. The Balaban J connectivity index is 2.57. The molecule has 1 aromatic rings. The molecule has 3 heteroatoms. The van der Waals surface area contributed by atoms with E-state index in [2.05, 4.69) is 20.9 Å². The van der Waals surface area contributed by atoms with Crippen molar-refractivity contribution in [3.63, 3.8) is 0 Å². The Hall–Kier alpha value is -0.410. The molecule has 0 radical (unpaired) electrons. The quantitative estimate of drug-likeness (QED) is 0.713. The second-order valence-electron chi connectivity index (χ2n) is 2.80. The van der Waals surface area contributed by atoms with Crippen molar-refractivity contribution < 1.29 is 0 Å². The molecule has 0 fully saturated rings. The molecule has 1 heterocycles. The first-order chi connectivity index (χ1) is 5.29. The van der Waals surface area contributed by atoms with Crippen molar-refractivity contribution in [2.24, 2.45) is 5.73 Å². The van der Waals surface area contributed by atoms with E-state index in [1.807, 2.05) is 6.07 Å². The second kappa shape index (κ2) is 2.57. The zero-order chi connectivity index (χ0) is 7.84. The number of pyridine rings is 1. The van der Waals surface area contributed by atoms with Gasteiger partial charge in [-0.2, -0.15) is 0 Å². The first-order valence-electron chi connectivity index (χ1n) is 3.68. The fraction of sp³-hybridized carbons (Fsp3) is 0.375. The number of halogens is 1. The first-order valence-corrected chi connectivity index (χ1v) is 4.47. The summed E-state index contributed by atoms with van der Waals surface area (Å²) in [5.41, 5.74) is 8.19. The molecule has 1 aromatic heterocycles. The van der Waals surface area contributed by atoms with Gasteiger partial charge in [0.15, 0.2) is 0 Å². The largest absolute Gasteiger partial charge is 0.323 e. The summed E-state index contributed by atoms with van der Waals surface area (Å²) in [7, 11) is 0. The molecule has 2 N–H and O–H groups in total. The maximum absolute atomic E-state index is 5.83. The van der Waals surface area contributed by atoms with Crippen LogP contribution in [0.25, 0.3) is 0 Å². The first kappa shape index (κ1) is 7.25. The van der Waals surface area contributed by atoms with Crippen molar-refractivity contribution in [1.82, 2.24) is 4.98 Å². The van der Waals surface area contributed by atoms with Crippen LogP contribution in [-0.4, -0.2) is 4.98 Å². The van der Waals surface area contributed by atoms with Gasteiger partial charge >= 0.3 is 0 Å². The van der Waals surface area contributed by atoms with Crippen molar-refractivity contribution in [3.8, 4) is 0 Å². The third kappa shape index (κ3) is 1.08. The molecule has 1 aliphatic carbocycles. The van der Waals surface area contributed by atoms with E-state index in [4.69, 9.17) is 5.73 Å². The zero-order valence-electron chi connectivity index (χ0n) is 6.05. The van der Waals surface area contributed by atoms with Gasteiger partial charge in [0.25, 0.3) is 0 Å². The van der Waals surface area contributed by atoms with Crippen LogP contribution in [0, 0.1) is 0 Å². The molecule has 1 aliphatic rings. The van der Waals surface area contributed by atoms with Gasteiger partial charge in [-0.25, -0.2) is 0 Å². The Morgan fingerprint density at radius 1 is 1.64 bits per heavy atom. The normalized spacial score (nSPS) is 21.8. The van der Waals surface area contributed by atoms with E-state index in [1.54, 1.807) is 6.20 Å². The molecule has 0 saturated heterocycles. The number of hydrogen-bond donors (Lipinski definition) is 1. The van der Waals surface area contributed by atoms with Gasteiger partial charge in [-0.3, -0.25) is 4.98 Å². The lowest BCUT2D eigenvalue weighted by atomic mass is 10.2. The highest BCUT2D eigenvalue weighted by Gasteiger charge is 2.21. The molecule has 0 saturated carbocycles. The molecule has 0 bridgehead atoms. The van der Waals surface area contributed by atoms with Gasteiger partial charge in [-0.05, 0) is 24.5 Å². The third-order valence-corrected chi connectivity index (χ3v) is 2.83. The smallest absolute Gasteiger partial charge is 0.0614 e. The predicted octanol–water partition coefficient (Wildman–Crippen LogP) is 1.79. The molecule has 1 atom stereocenters. The lowest BCUT2D eigenvalue weighted by Gasteiger charge is -2.02. The predicted molar refractivity (Wildman–Crippen MR) is 47.2 cm³/mol. The Bertz CT molecular complexity index is 285. The van der Waals surface area contributed by atoms with Crippen molar-refractivity contribution in [2.75, 3.05) is 0 Å². The molecule has 2 nitrogen and oxygen atoms in total. The number of nitrogens with zero attached hydrogens (tertiary/aromatic N) is 1. The molecular weight excluding hydrogens is 204 g/mol. The summed E-state index contributed by atoms with van der Waals surface area (Å²) in [5, 5.41) is 0. The van der Waals surface area contributed by atoms with Gasteiger partial charge in [0.1, 0.15) is 0 Å². The van der Waals surface area contributed by atoms with Crippen LogP contribution >= 0.6 is 15.9 Å². The molecule has 0 aliphatic heterocycles. The minimum atomic E-state index is 0.155. The number of aromatic nitrogens is 1. The average Bonchev–Trinajstić information content (AvgIpc) is 2.35. The summed E-state index contributed by atoms with van der Waals surface area (Å²) in [6.07, 6.45) is 3.89. The lowest BCUT2D eigenvalue weighted by molar-refractivity contribution is 0.698. The molecular formula is C8H9BrN2. The molecule has 58 valence electrons. The van der Waals surface area contributed by atoms with Crippen molar-refractivity contribution in [2.45, 2.75) is 18.9 Å². The second-order valence-corrected chi connectivity index (χ2v) is 3.66. The van der Waals surface area contributed by atoms with Gasteiger partial charge in [-0.1, -0.05) is 15.9 Å². The van der Waals surface area contributed by atoms with Crippen molar-refractivity contribution >= 4 is 15.9 Å². The summed E-state index contributed by atoms with van der Waals surface area (Å²) < 4.78 is 1.15. The Labute approximate surface area is 73.9 Å². The molecule has 2 rings (SSSR count). The maximum Gasteiger partial charge on any atom is 0.0614 e. The van der Waals surface area contributed by atoms with Crippen molar-refractivity contribution in [1.29, 1.82) is 0 Å². The van der Waals surface area contributed by atoms with E-state index in [0.717, 1.165) is 23.0 Å². The summed E-state index contributed by atoms with van der Waals surface area (Å²) in [6.45, 7) is 0. The standard InChI is InChI=1S/C8H9BrN2/c9-6-3-4-11-8-5(6)1-2-7(8)10/h3-4,7H,1-2,10H2. The fourth-order valence-electron chi connectivity index (χ4n) is 1.49. The van der Waals surface area contributed by atoms with Gasteiger partial charge in [0.2, 0.25) is 0 Å². The van der Waals surface area contributed by atoms with Gasteiger partial charge < -0.3 is 5.73 Å². The Morgan fingerprint density at radius 2 is 2.45 bits per heavy atom. The fourth-order valence-corrected chi connectivity index (χ4v) is 2.01. The van der Waals surface area contributed by atoms with E-state index in [0.29, 0.717) is 0 Å². The molecule has 1 unspecified atom stereocenters. The number of fused-ring (bicyclic) bond motifs is 1. The minimum Gasteiger partial charge on any atom is -0.323 e. The summed E-state index contributed by atoms with van der Waals surface area (Å²) in [4.78, 5) is 4.25. The number of nitrogens with two attached hydrogens (primary N) is 1. The van der Waals surface area contributed by atoms with Gasteiger partial charge in [0.05, 0.1) is 5.69 Å². The Kier molecular flexibility index (Phi) is 1.69. The van der Waals surface area contributed by atoms with Gasteiger partial charge in [0, 0.05) is 16.7 Å². The van der Waals surface area contributed by atoms with E-state index in [9.17, 15) is 0 Å². The van der Waals surface area contributed by atoms with Crippen molar-refractivity contribution in [3.05, 3.63) is 28.0 Å². The van der Waals surface area contributed by atoms with E-state index in [-0.39, 0.29) is 6.04 Å². The molecule has 0 amide bonds. The van der Waals surface area contributed by atoms with Crippen LogP contribution in [0.3, 0.4) is 0 Å². The highest BCUT2D eigenvalue weighted by atomic mass is 79.9. The van der Waals surface area contributed by atoms with Crippen LogP contribution in [0.2, 0.25) is 0 Å². The van der Waals surface area contributed by atoms with Crippen LogP contribution < -0.4 is 5.73 Å². The highest BCUT2D eigenvalue weighted by molar-refractivity contribution is 9.10.